The lowest BCUT2D eigenvalue weighted by atomic mass is 10.2. The normalized spacial score (nSPS) is 15.3. The molecule has 0 spiro atoms. The Kier molecular flexibility index (Phi) is 5.15. The summed E-state index contributed by atoms with van der Waals surface area (Å²) in [5.41, 5.74) is 1.38. The fraction of sp³-hybridized carbons (Fsp3) is 0.353. The fourth-order valence-corrected chi connectivity index (χ4v) is 2.79. The van der Waals surface area contributed by atoms with Crippen LogP contribution in [0, 0.1) is 12.7 Å². The molecule has 1 N–H and O–H groups in total. The third-order valence-corrected chi connectivity index (χ3v) is 4.46. The zero-order valence-electron chi connectivity index (χ0n) is 14.1. The SMILES string of the molecule is Cc1nc(N2CCN(C)CC2)ncc1C(=O)Nc1ccc(F)c(Cl)c1. The monoisotopic (exact) mass is 363 g/mol. The number of hydrogen-bond donors (Lipinski definition) is 1. The van der Waals surface area contributed by atoms with E-state index in [4.69, 9.17) is 11.6 Å². The average molecular weight is 364 g/mol. The molecule has 6 nitrogen and oxygen atoms in total. The van der Waals surface area contributed by atoms with Crippen molar-refractivity contribution in [3.63, 3.8) is 0 Å². The third-order valence-electron chi connectivity index (χ3n) is 4.17. The molecular weight excluding hydrogens is 345 g/mol. The van der Waals surface area contributed by atoms with E-state index in [1.165, 1.54) is 24.4 Å². The number of nitrogens with zero attached hydrogens (tertiary/aromatic N) is 4. The summed E-state index contributed by atoms with van der Waals surface area (Å²) < 4.78 is 13.2. The van der Waals surface area contributed by atoms with E-state index in [0.29, 0.717) is 22.9 Å². The van der Waals surface area contributed by atoms with E-state index in [1.807, 2.05) is 0 Å². The van der Waals surface area contributed by atoms with Crippen LogP contribution in [0.1, 0.15) is 16.1 Å². The molecule has 0 atom stereocenters. The van der Waals surface area contributed by atoms with Gasteiger partial charge in [0.2, 0.25) is 5.95 Å². The zero-order chi connectivity index (χ0) is 18.0. The maximum atomic E-state index is 13.2. The minimum Gasteiger partial charge on any atom is -0.338 e. The van der Waals surface area contributed by atoms with Crippen molar-refractivity contribution in [2.75, 3.05) is 43.4 Å². The number of benzene rings is 1. The Balaban J connectivity index is 1.73. The Hall–Kier alpha value is -2.25. The smallest absolute Gasteiger partial charge is 0.259 e. The number of hydrogen-bond acceptors (Lipinski definition) is 5. The first-order chi connectivity index (χ1) is 11.9. The van der Waals surface area contributed by atoms with Crippen LogP contribution in [-0.2, 0) is 0 Å². The van der Waals surface area contributed by atoms with Crippen molar-refractivity contribution in [2.45, 2.75) is 6.92 Å². The lowest BCUT2D eigenvalue weighted by Gasteiger charge is -2.32. The second-order valence-electron chi connectivity index (χ2n) is 6.04. The lowest BCUT2D eigenvalue weighted by molar-refractivity contribution is 0.102. The van der Waals surface area contributed by atoms with Gasteiger partial charge in [0, 0.05) is 38.1 Å². The van der Waals surface area contributed by atoms with Crippen LogP contribution in [-0.4, -0.2) is 54.0 Å². The molecular formula is C17H19ClFN5O. The Morgan fingerprint density at radius 2 is 2.00 bits per heavy atom. The maximum absolute atomic E-state index is 13.2. The van der Waals surface area contributed by atoms with Crippen LogP contribution < -0.4 is 10.2 Å². The van der Waals surface area contributed by atoms with Crippen molar-refractivity contribution in [1.82, 2.24) is 14.9 Å². The van der Waals surface area contributed by atoms with Gasteiger partial charge in [0.25, 0.3) is 5.91 Å². The number of halogens is 2. The van der Waals surface area contributed by atoms with E-state index < -0.39 is 5.82 Å². The Morgan fingerprint density at radius 1 is 1.28 bits per heavy atom. The molecule has 0 bridgehead atoms. The molecule has 2 heterocycles. The quantitative estimate of drug-likeness (QED) is 0.908. The minimum absolute atomic E-state index is 0.0452. The molecule has 2 aromatic rings. The summed E-state index contributed by atoms with van der Waals surface area (Å²) in [7, 11) is 2.08. The summed E-state index contributed by atoms with van der Waals surface area (Å²) in [6, 6.07) is 4.02. The third kappa shape index (κ3) is 4.05. The van der Waals surface area contributed by atoms with Crippen LogP contribution in [0.2, 0.25) is 5.02 Å². The van der Waals surface area contributed by atoms with Gasteiger partial charge in [-0.3, -0.25) is 4.79 Å². The van der Waals surface area contributed by atoms with Gasteiger partial charge in [-0.05, 0) is 32.2 Å². The molecule has 8 heteroatoms. The van der Waals surface area contributed by atoms with Crippen molar-refractivity contribution < 1.29 is 9.18 Å². The number of anilines is 2. The predicted molar refractivity (Wildman–Crippen MR) is 95.8 cm³/mol. The van der Waals surface area contributed by atoms with Gasteiger partial charge in [0.15, 0.2) is 0 Å². The van der Waals surface area contributed by atoms with Crippen molar-refractivity contribution in [3.8, 4) is 0 Å². The second kappa shape index (κ2) is 7.33. The van der Waals surface area contributed by atoms with E-state index in [0.717, 1.165) is 26.2 Å². The van der Waals surface area contributed by atoms with E-state index in [1.54, 1.807) is 6.92 Å². The topological polar surface area (TPSA) is 61.4 Å². The van der Waals surface area contributed by atoms with Crippen LogP contribution in [0.25, 0.3) is 0 Å². The van der Waals surface area contributed by atoms with Gasteiger partial charge in [-0.1, -0.05) is 11.6 Å². The average Bonchev–Trinajstić information content (AvgIpc) is 2.58. The number of rotatable bonds is 3. The van der Waals surface area contributed by atoms with Gasteiger partial charge in [0.05, 0.1) is 16.3 Å². The highest BCUT2D eigenvalue weighted by atomic mass is 35.5. The predicted octanol–water partition coefficient (Wildman–Crippen LogP) is 2.58. The number of aromatic nitrogens is 2. The van der Waals surface area contributed by atoms with Crippen LogP contribution in [0.5, 0.6) is 0 Å². The van der Waals surface area contributed by atoms with Crippen molar-refractivity contribution in [3.05, 3.63) is 46.5 Å². The summed E-state index contributed by atoms with van der Waals surface area (Å²) in [5.74, 6) is -0.257. The summed E-state index contributed by atoms with van der Waals surface area (Å²) in [4.78, 5) is 25.6. The standard InChI is InChI=1S/C17H19ClFN5O/c1-11-13(16(25)22-12-3-4-15(19)14(18)9-12)10-20-17(21-11)24-7-5-23(2)6-8-24/h3-4,9-10H,5-8H2,1-2H3,(H,22,25). The first-order valence-corrected chi connectivity index (χ1v) is 8.35. The highest BCUT2D eigenvalue weighted by Crippen LogP contribution is 2.20. The molecule has 132 valence electrons. The number of carbonyl (C=O) groups excluding carboxylic acids is 1. The molecule has 25 heavy (non-hydrogen) atoms. The Bertz CT molecular complexity index is 793. The molecule has 1 saturated heterocycles. The number of piperazine rings is 1. The maximum Gasteiger partial charge on any atom is 0.259 e. The number of likely N-dealkylation sites (N-methyl/N-ethyl adjacent to an activating group) is 1. The molecule has 0 saturated carbocycles. The fourth-order valence-electron chi connectivity index (χ4n) is 2.61. The largest absolute Gasteiger partial charge is 0.338 e. The second-order valence-corrected chi connectivity index (χ2v) is 6.45. The Morgan fingerprint density at radius 3 is 2.64 bits per heavy atom. The van der Waals surface area contributed by atoms with E-state index in [9.17, 15) is 9.18 Å². The van der Waals surface area contributed by atoms with Gasteiger partial charge in [-0.2, -0.15) is 0 Å². The van der Waals surface area contributed by atoms with Gasteiger partial charge in [0.1, 0.15) is 5.82 Å². The van der Waals surface area contributed by atoms with Gasteiger partial charge in [-0.15, -0.1) is 0 Å². The molecule has 0 radical (unpaired) electrons. The number of aryl methyl sites for hydroxylation is 1. The first-order valence-electron chi connectivity index (χ1n) is 7.97. The first kappa shape index (κ1) is 17.6. The lowest BCUT2D eigenvalue weighted by Crippen LogP contribution is -2.45. The van der Waals surface area contributed by atoms with E-state index in [-0.39, 0.29) is 10.9 Å². The minimum atomic E-state index is -0.532. The molecule has 0 aliphatic carbocycles. The van der Waals surface area contributed by atoms with Crippen LogP contribution in [0.4, 0.5) is 16.0 Å². The molecule has 1 aromatic carbocycles. The molecule has 1 fully saturated rings. The van der Waals surface area contributed by atoms with Gasteiger partial charge >= 0.3 is 0 Å². The molecule has 3 rings (SSSR count). The van der Waals surface area contributed by atoms with Gasteiger partial charge < -0.3 is 15.1 Å². The molecule has 0 unspecified atom stereocenters. The molecule has 1 aromatic heterocycles. The number of amides is 1. The van der Waals surface area contributed by atoms with E-state index >= 15 is 0 Å². The summed E-state index contributed by atoms with van der Waals surface area (Å²) in [5, 5.41) is 2.64. The number of nitrogens with one attached hydrogen (secondary N) is 1. The summed E-state index contributed by atoms with van der Waals surface area (Å²) in [6.45, 7) is 5.39. The summed E-state index contributed by atoms with van der Waals surface area (Å²) >= 11 is 5.73. The molecule has 1 aliphatic rings. The van der Waals surface area contributed by atoms with Crippen molar-refractivity contribution in [2.24, 2.45) is 0 Å². The Labute approximate surface area is 150 Å². The zero-order valence-corrected chi connectivity index (χ0v) is 14.8. The number of carbonyl (C=O) groups is 1. The molecule has 1 aliphatic heterocycles. The highest BCUT2D eigenvalue weighted by molar-refractivity contribution is 6.31. The van der Waals surface area contributed by atoms with Crippen LogP contribution >= 0.6 is 11.6 Å². The molecule has 1 amide bonds. The van der Waals surface area contributed by atoms with Crippen LogP contribution in [0.15, 0.2) is 24.4 Å². The van der Waals surface area contributed by atoms with Crippen LogP contribution in [0.3, 0.4) is 0 Å². The van der Waals surface area contributed by atoms with Gasteiger partial charge in [-0.25, -0.2) is 14.4 Å². The highest BCUT2D eigenvalue weighted by Gasteiger charge is 2.19. The van der Waals surface area contributed by atoms with Crippen molar-refractivity contribution in [1.29, 1.82) is 0 Å². The van der Waals surface area contributed by atoms with E-state index in [2.05, 4.69) is 32.1 Å². The van der Waals surface area contributed by atoms with Crippen molar-refractivity contribution >= 4 is 29.1 Å². The summed E-state index contributed by atoms with van der Waals surface area (Å²) in [6.07, 6.45) is 1.52.